The highest BCUT2D eigenvalue weighted by Gasteiger charge is 2.34. The van der Waals surface area contributed by atoms with E-state index in [1.807, 2.05) is 17.2 Å². The molecule has 6 nitrogen and oxygen atoms in total. The van der Waals surface area contributed by atoms with Gasteiger partial charge in [0, 0.05) is 41.2 Å². The smallest absolute Gasteiger partial charge is 0.237 e. The Balaban J connectivity index is 1.21. The Hall–Kier alpha value is -1.67. The Morgan fingerprint density at radius 3 is 2.49 bits per heavy atom. The van der Waals surface area contributed by atoms with Crippen molar-refractivity contribution in [1.29, 1.82) is 0 Å². The maximum absolute atomic E-state index is 13.0. The third-order valence-corrected chi connectivity index (χ3v) is 9.10. The zero-order valence-corrected chi connectivity index (χ0v) is 24.0. The molecule has 0 spiro atoms. The van der Waals surface area contributed by atoms with Gasteiger partial charge in [-0.1, -0.05) is 17.7 Å². The van der Waals surface area contributed by atoms with E-state index in [1.165, 1.54) is 16.7 Å². The predicted molar refractivity (Wildman–Crippen MR) is 150 cm³/mol. The number of alkyl halides is 1. The first kappa shape index (κ1) is 26.9. The van der Waals surface area contributed by atoms with E-state index in [9.17, 15) is 9.59 Å². The number of aryl methyl sites for hydroxylation is 2. The van der Waals surface area contributed by atoms with Crippen molar-refractivity contribution in [2.45, 2.75) is 44.6 Å². The molecule has 2 aliphatic heterocycles. The molecule has 0 saturated carbocycles. The molecule has 1 aromatic heterocycles. The fourth-order valence-corrected chi connectivity index (χ4v) is 6.80. The van der Waals surface area contributed by atoms with Crippen molar-refractivity contribution < 1.29 is 9.59 Å². The van der Waals surface area contributed by atoms with Crippen molar-refractivity contribution in [1.82, 2.24) is 20.1 Å². The van der Waals surface area contributed by atoms with Crippen molar-refractivity contribution in [3.05, 3.63) is 62.3 Å². The van der Waals surface area contributed by atoms with Crippen LogP contribution in [0.2, 0.25) is 5.02 Å². The third-order valence-electron chi connectivity index (χ3n) is 8.20. The van der Waals surface area contributed by atoms with E-state index >= 15 is 0 Å². The van der Waals surface area contributed by atoms with E-state index < -0.39 is 0 Å². The summed E-state index contributed by atoms with van der Waals surface area (Å²) in [5.74, 6) is 0.649. The fourth-order valence-electron chi connectivity index (χ4n) is 6.06. The fraction of sp³-hybridized carbons (Fsp3) is 0.536. The van der Waals surface area contributed by atoms with Crippen LogP contribution in [0, 0.1) is 11.8 Å². The van der Waals surface area contributed by atoms with Gasteiger partial charge in [-0.25, -0.2) is 0 Å². The van der Waals surface area contributed by atoms with E-state index in [0.29, 0.717) is 12.5 Å². The van der Waals surface area contributed by atoms with Crippen LogP contribution in [-0.2, 0) is 22.4 Å². The number of hydrogen-bond donors (Lipinski definition) is 1. The number of halogens is 3. The van der Waals surface area contributed by atoms with Crippen LogP contribution < -0.4 is 5.32 Å². The molecule has 5 rings (SSSR count). The minimum atomic E-state index is 0.000704. The van der Waals surface area contributed by atoms with Gasteiger partial charge in [-0.05, 0) is 108 Å². The minimum Gasteiger partial charge on any atom is -0.356 e. The highest BCUT2D eigenvalue weighted by Crippen LogP contribution is 2.39. The highest BCUT2D eigenvalue weighted by molar-refractivity contribution is 9.10. The summed E-state index contributed by atoms with van der Waals surface area (Å²) in [5, 5.41) is 3.98. The minimum absolute atomic E-state index is 0.000704. The first-order chi connectivity index (χ1) is 17.9. The lowest BCUT2D eigenvalue weighted by Crippen LogP contribution is -2.45. The number of pyridine rings is 1. The van der Waals surface area contributed by atoms with Gasteiger partial charge in [-0.3, -0.25) is 19.5 Å². The average molecular weight is 608 g/mol. The molecule has 37 heavy (non-hydrogen) atoms. The average Bonchev–Trinajstić information content (AvgIpc) is 3.07. The van der Waals surface area contributed by atoms with Crippen LogP contribution in [0.25, 0.3) is 0 Å². The largest absolute Gasteiger partial charge is 0.356 e. The molecule has 2 saturated heterocycles. The van der Waals surface area contributed by atoms with Gasteiger partial charge in [0.2, 0.25) is 11.8 Å². The number of nitrogens with one attached hydrogen (secondary N) is 1. The molecule has 198 valence electrons. The number of likely N-dealkylation sites (tertiary alicyclic amines) is 2. The lowest BCUT2D eigenvalue weighted by molar-refractivity contribution is -0.130. The van der Waals surface area contributed by atoms with Crippen LogP contribution in [0.5, 0.6) is 0 Å². The molecule has 1 N–H and O–H groups in total. The molecule has 1 aromatic carbocycles. The van der Waals surface area contributed by atoms with Gasteiger partial charge >= 0.3 is 0 Å². The van der Waals surface area contributed by atoms with Gasteiger partial charge in [0.05, 0.1) is 11.7 Å². The molecule has 1 aliphatic carbocycles. The summed E-state index contributed by atoms with van der Waals surface area (Å²) in [6.45, 7) is 3.84. The van der Waals surface area contributed by atoms with Gasteiger partial charge in [0.25, 0.3) is 0 Å². The maximum Gasteiger partial charge on any atom is 0.237 e. The molecule has 0 radical (unpaired) electrons. The molecule has 2 aromatic rings. The molecule has 2 amide bonds. The van der Waals surface area contributed by atoms with E-state index in [1.54, 1.807) is 0 Å². The molecular weight excluding hydrogens is 575 g/mol. The molecule has 1 atom stereocenters. The Bertz CT molecular complexity index is 1090. The molecule has 1 unspecified atom stereocenters. The summed E-state index contributed by atoms with van der Waals surface area (Å²) in [5.41, 5.74) is 4.95. The Morgan fingerprint density at radius 1 is 1.03 bits per heavy atom. The third kappa shape index (κ3) is 6.16. The van der Waals surface area contributed by atoms with Gasteiger partial charge in [-0.2, -0.15) is 0 Å². The van der Waals surface area contributed by atoms with Crippen molar-refractivity contribution >= 4 is 50.9 Å². The summed E-state index contributed by atoms with van der Waals surface area (Å²) in [4.78, 5) is 34.0. The van der Waals surface area contributed by atoms with Crippen LogP contribution in [0.4, 0.5) is 0 Å². The van der Waals surface area contributed by atoms with Crippen molar-refractivity contribution in [3.8, 4) is 0 Å². The topological polar surface area (TPSA) is 65.5 Å². The normalized spacial score (nSPS) is 21.2. The second-order valence-corrected chi connectivity index (χ2v) is 12.1. The number of nitrogens with zero attached hydrogens (tertiary/aromatic N) is 3. The Labute approximate surface area is 237 Å². The Morgan fingerprint density at radius 2 is 1.76 bits per heavy atom. The summed E-state index contributed by atoms with van der Waals surface area (Å²) in [6, 6.07) is 8.50. The van der Waals surface area contributed by atoms with Crippen LogP contribution in [0.15, 0.2) is 34.9 Å². The quantitative estimate of drug-likeness (QED) is 0.486. The lowest BCUT2D eigenvalue weighted by Gasteiger charge is -2.38. The highest BCUT2D eigenvalue weighted by atomic mass is 79.9. The Kier molecular flexibility index (Phi) is 8.74. The molecule has 9 heteroatoms. The number of hydrogen-bond acceptors (Lipinski definition) is 4. The number of aromatic nitrogens is 1. The monoisotopic (exact) mass is 606 g/mol. The zero-order chi connectivity index (χ0) is 25.9. The standard InChI is InChI=1S/C28H33BrCl2N4O2/c29-22-13-21-2-1-20-14-23(31)3-4-24(20)27(26(21)32-17-22)35-11-7-19(8-12-35)28(37)33-16-18-5-9-34(10-6-18)25(36)15-30/h3-4,13-14,17-19,27H,1-2,5-12,15-16H2,(H,33,37). The SMILES string of the molecule is O=C(NCC1CCN(C(=O)CCl)CC1)C1CCN(C2c3ccc(Cl)cc3CCc3cc(Br)cnc32)CC1. The summed E-state index contributed by atoms with van der Waals surface area (Å²) >= 11 is 15.6. The molecular formula is C28H33BrCl2N4O2. The number of benzene rings is 1. The number of piperidine rings is 2. The summed E-state index contributed by atoms with van der Waals surface area (Å²) in [7, 11) is 0. The van der Waals surface area contributed by atoms with Gasteiger partial charge < -0.3 is 10.2 Å². The summed E-state index contributed by atoms with van der Waals surface area (Å²) in [6.07, 6.45) is 7.26. The molecule has 2 fully saturated rings. The first-order valence-corrected chi connectivity index (χ1v) is 14.9. The number of fused-ring (bicyclic) bond motifs is 2. The van der Waals surface area contributed by atoms with E-state index in [0.717, 1.165) is 79.9 Å². The zero-order valence-electron chi connectivity index (χ0n) is 20.9. The number of rotatable bonds is 5. The second kappa shape index (κ2) is 12.0. The first-order valence-electron chi connectivity index (χ1n) is 13.2. The van der Waals surface area contributed by atoms with Crippen molar-refractivity contribution in [2.24, 2.45) is 11.8 Å². The molecule has 0 bridgehead atoms. The second-order valence-electron chi connectivity index (χ2n) is 10.5. The number of amides is 2. The predicted octanol–water partition coefficient (Wildman–Crippen LogP) is 4.99. The molecule has 3 aliphatic rings. The van der Waals surface area contributed by atoms with Crippen LogP contribution >= 0.6 is 39.1 Å². The summed E-state index contributed by atoms with van der Waals surface area (Å²) < 4.78 is 1.00. The van der Waals surface area contributed by atoms with Gasteiger partial charge in [0.15, 0.2) is 0 Å². The van der Waals surface area contributed by atoms with E-state index in [2.05, 4.69) is 44.3 Å². The van der Waals surface area contributed by atoms with Gasteiger partial charge in [-0.15, -0.1) is 11.6 Å². The van der Waals surface area contributed by atoms with E-state index in [-0.39, 0.29) is 29.7 Å². The van der Waals surface area contributed by atoms with E-state index in [4.69, 9.17) is 28.2 Å². The van der Waals surface area contributed by atoms with Crippen molar-refractivity contribution in [3.63, 3.8) is 0 Å². The maximum atomic E-state index is 13.0. The van der Waals surface area contributed by atoms with Crippen molar-refractivity contribution in [2.75, 3.05) is 38.6 Å². The van der Waals surface area contributed by atoms with Crippen LogP contribution in [-0.4, -0.2) is 65.2 Å². The van der Waals surface area contributed by atoms with Crippen LogP contribution in [0.3, 0.4) is 0 Å². The molecule has 3 heterocycles. The van der Waals surface area contributed by atoms with Crippen LogP contribution in [0.1, 0.15) is 54.1 Å². The number of carbonyl (C=O) groups is 2. The lowest BCUT2D eigenvalue weighted by atomic mass is 9.90. The number of carbonyl (C=O) groups excluding carboxylic acids is 2. The van der Waals surface area contributed by atoms with Gasteiger partial charge in [0.1, 0.15) is 5.88 Å².